The quantitative estimate of drug-likeness (QED) is 0.368. The fourth-order valence-corrected chi connectivity index (χ4v) is 4.91. The molecule has 0 aromatic carbocycles. The molecule has 0 amide bonds. The van der Waals surface area contributed by atoms with Gasteiger partial charge in [0.1, 0.15) is 5.82 Å². The number of sulfone groups is 1. The molecule has 2 aliphatic heterocycles. The lowest BCUT2D eigenvalue weighted by Gasteiger charge is -2.17. The number of aliphatic imine (C=N–C) groups is 1. The predicted octanol–water partition coefficient (Wildman–Crippen LogP) is 1.54. The zero-order chi connectivity index (χ0) is 17.7. The maximum Gasteiger partial charge on any atom is 0.191 e. The van der Waals surface area contributed by atoms with E-state index in [1.54, 1.807) is 0 Å². The molecule has 9 heteroatoms. The van der Waals surface area contributed by atoms with Gasteiger partial charge in [0.2, 0.25) is 0 Å². The largest absolute Gasteiger partial charge is 0.357 e. The third-order valence-corrected chi connectivity index (χ3v) is 6.34. The molecule has 146 valence electrons. The average molecular weight is 493 g/mol. The van der Waals surface area contributed by atoms with E-state index in [9.17, 15) is 8.42 Å². The van der Waals surface area contributed by atoms with Crippen molar-refractivity contribution in [3.05, 3.63) is 23.9 Å². The molecule has 2 N–H and O–H groups in total. The first kappa shape index (κ1) is 21.2. The third kappa shape index (κ3) is 5.97. The van der Waals surface area contributed by atoms with Gasteiger partial charge >= 0.3 is 0 Å². The van der Waals surface area contributed by atoms with Gasteiger partial charge in [-0.25, -0.2) is 18.4 Å². The van der Waals surface area contributed by atoms with Gasteiger partial charge in [-0.3, -0.25) is 0 Å². The Balaban J connectivity index is 0.00000243. The molecule has 1 aromatic heterocycles. The number of aromatic nitrogens is 1. The second-order valence-corrected chi connectivity index (χ2v) is 8.89. The van der Waals surface area contributed by atoms with E-state index >= 15 is 0 Å². The van der Waals surface area contributed by atoms with Crippen molar-refractivity contribution in [1.82, 2.24) is 15.6 Å². The van der Waals surface area contributed by atoms with Gasteiger partial charge < -0.3 is 15.5 Å². The molecule has 0 saturated carbocycles. The molecule has 7 nitrogen and oxygen atoms in total. The van der Waals surface area contributed by atoms with Crippen LogP contribution in [0.25, 0.3) is 0 Å². The Bertz CT molecular complexity index is 702. The Morgan fingerprint density at radius 2 is 2.12 bits per heavy atom. The molecule has 0 aliphatic carbocycles. The van der Waals surface area contributed by atoms with E-state index in [-0.39, 0.29) is 41.5 Å². The van der Waals surface area contributed by atoms with Crippen LogP contribution in [0.15, 0.2) is 23.3 Å². The summed E-state index contributed by atoms with van der Waals surface area (Å²) < 4.78 is 23.2. The highest BCUT2D eigenvalue weighted by Gasteiger charge is 2.28. The number of hydrogen-bond acceptors (Lipinski definition) is 5. The topological polar surface area (TPSA) is 86.7 Å². The van der Waals surface area contributed by atoms with Crippen molar-refractivity contribution in [1.29, 1.82) is 0 Å². The number of anilines is 1. The van der Waals surface area contributed by atoms with E-state index in [4.69, 9.17) is 0 Å². The predicted molar refractivity (Wildman–Crippen MR) is 116 cm³/mol. The fourth-order valence-electron chi connectivity index (χ4n) is 3.24. The van der Waals surface area contributed by atoms with Crippen LogP contribution < -0.4 is 15.5 Å². The van der Waals surface area contributed by atoms with Crippen molar-refractivity contribution >= 4 is 45.6 Å². The van der Waals surface area contributed by atoms with Crippen molar-refractivity contribution in [2.45, 2.75) is 38.8 Å². The number of guanidine groups is 1. The lowest BCUT2D eigenvalue weighted by molar-refractivity contribution is 0.599. The van der Waals surface area contributed by atoms with Crippen LogP contribution in [-0.2, 0) is 16.4 Å². The van der Waals surface area contributed by atoms with Crippen molar-refractivity contribution in [2.24, 2.45) is 4.99 Å². The van der Waals surface area contributed by atoms with Crippen LogP contribution in [0.3, 0.4) is 0 Å². The van der Waals surface area contributed by atoms with Gasteiger partial charge in [0.05, 0.1) is 18.1 Å². The number of hydrogen-bond donors (Lipinski definition) is 2. The Hall–Kier alpha value is -1.10. The molecule has 0 spiro atoms. The lowest BCUT2D eigenvalue weighted by atomic mass is 10.2. The molecule has 1 unspecified atom stereocenters. The average Bonchev–Trinajstić information content (AvgIpc) is 3.23. The maximum atomic E-state index is 11.6. The first-order chi connectivity index (χ1) is 12.1. The number of rotatable bonds is 5. The van der Waals surface area contributed by atoms with Gasteiger partial charge in [-0.2, -0.15) is 0 Å². The van der Waals surface area contributed by atoms with Crippen LogP contribution in [-0.4, -0.2) is 56.5 Å². The number of nitrogens with one attached hydrogen (secondary N) is 2. The molecule has 1 aromatic rings. The molecule has 0 bridgehead atoms. The summed E-state index contributed by atoms with van der Waals surface area (Å²) in [7, 11) is -2.90. The normalized spacial score (nSPS) is 22.1. The summed E-state index contributed by atoms with van der Waals surface area (Å²) in [6.45, 7) is 5.42. The lowest BCUT2D eigenvalue weighted by Crippen LogP contribution is -2.44. The van der Waals surface area contributed by atoms with Crippen LogP contribution in [0.4, 0.5) is 5.82 Å². The van der Waals surface area contributed by atoms with E-state index in [0.29, 0.717) is 18.9 Å². The van der Waals surface area contributed by atoms with Crippen LogP contribution in [0.2, 0.25) is 0 Å². The minimum atomic E-state index is -2.90. The van der Waals surface area contributed by atoms with Crippen molar-refractivity contribution in [3.63, 3.8) is 0 Å². The van der Waals surface area contributed by atoms with E-state index in [0.717, 1.165) is 31.0 Å². The Kier molecular flexibility index (Phi) is 7.93. The third-order valence-electron chi connectivity index (χ3n) is 4.58. The summed E-state index contributed by atoms with van der Waals surface area (Å²) in [6, 6.07) is 4.06. The molecular formula is C17H28IN5O2S. The molecule has 2 fully saturated rings. The Morgan fingerprint density at radius 1 is 1.35 bits per heavy atom. The van der Waals surface area contributed by atoms with E-state index in [1.165, 1.54) is 12.8 Å². The summed E-state index contributed by atoms with van der Waals surface area (Å²) in [5.41, 5.74) is 1.04. The monoisotopic (exact) mass is 493 g/mol. The zero-order valence-corrected chi connectivity index (χ0v) is 18.3. The van der Waals surface area contributed by atoms with Crippen molar-refractivity contribution in [3.8, 4) is 0 Å². The summed E-state index contributed by atoms with van der Waals surface area (Å²) >= 11 is 0. The Morgan fingerprint density at radius 3 is 2.69 bits per heavy atom. The number of nitrogens with zero attached hydrogens (tertiary/aromatic N) is 3. The Labute approximate surface area is 173 Å². The first-order valence-corrected chi connectivity index (χ1v) is 10.8. The first-order valence-electron chi connectivity index (χ1n) is 9.01. The molecule has 26 heavy (non-hydrogen) atoms. The minimum Gasteiger partial charge on any atom is -0.357 e. The van der Waals surface area contributed by atoms with Crippen LogP contribution in [0.5, 0.6) is 0 Å². The smallest absolute Gasteiger partial charge is 0.191 e. The van der Waals surface area contributed by atoms with E-state index in [1.807, 2.05) is 13.1 Å². The number of halogens is 1. The van der Waals surface area contributed by atoms with E-state index < -0.39 is 9.84 Å². The summed E-state index contributed by atoms with van der Waals surface area (Å²) in [5, 5.41) is 6.41. The van der Waals surface area contributed by atoms with Crippen LogP contribution in [0, 0.1) is 0 Å². The van der Waals surface area contributed by atoms with E-state index in [2.05, 4.69) is 37.6 Å². The van der Waals surface area contributed by atoms with Gasteiger partial charge in [0, 0.05) is 31.9 Å². The summed E-state index contributed by atoms with van der Waals surface area (Å²) in [4.78, 5) is 11.4. The van der Waals surface area contributed by atoms with Crippen molar-refractivity contribution in [2.75, 3.05) is 36.0 Å². The van der Waals surface area contributed by atoms with Gasteiger partial charge in [-0.1, -0.05) is 6.07 Å². The minimum absolute atomic E-state index is 0. The second-order valence-electron chi connectivity index (χ2n) is 6.66. The van der Waals surface area contributed by atoms with Crippen molar-refractivity contribution < 1.29 is 8.42 Å². The molecule has 2 saturated heterocycles. The highest BCUT2D eigenvalue weighted by molar-refractivity contribution is 14.0. The van der Waals surface area contributed by atoms with Gasteiger partial charge in [0.25, 0.3) is 0 Å². The molecule has 3 rings (SSSR count). The van der Waals surface area contributed by atoms with Gasteiger partial charge in [-0.15, -0.1) is 24.0 Å². The number of pyridine rings is 1. The van der Waals surface area contributed by atoms with Crippen LogP contribution >= 0.6 is 24.0 Å². The second kappa shape index (κ2) is 9.72. The fraction of sp³-hybridized carbons (Fsp3) is 0.647. The molecule has 1 atom stereocenters. The standard InChI is InChI=1S/C17H27N5O2S.HI/c1-2-18-17(21-15-7-10-25(23,24)13-15)20-12-14-5-6-16(19-11-14)22-8-3-4-9-22;/h5-6,11,15H,2-4,7-10,12-13H2,1H3,(H2,18,20,21);1H. The highest BCUT2D eigenvalue weighted by Crippen LogP contribution is 2.17. The SMILES string of the molecule is CCNC(=NCc1ccc(N2CCCC2)nc1)NC1CCS(=O)(=O)C1.I. The molecule has 3 heterocycles. The summed E-state index contributed by atoms with van der Waals surface area (Å²) in [6.07, 6.45) is 4.99. The molecule has 2 aliphatic rings. The summed E-state index contributed by atoms with van der Waals surface area (Å²) in [5.74, 6) is 2.13. The molecule has 0 radical (unpaired) electrons. The van der Waals surface area contributed by atoms with Gasteiger partial charge in [-0.05, 0) is 37.8 Å². The zero-order valence-electron chi connectivity index (χ0n) is 15.1. The highest BCUT2D eigenvalue weighted by atomic mass is 127. The maximum absolute atomic E-state index is 11.6. The van der Waals surface area contributed by atoms with Gasteiger partial charge in [0.15, 0.2) is 15.8 Å². The molecular weight excluding hydrogens is 465 g/mol. The van der Waals surface area contributed by atoms with Crippen LogP contribution in [0.1, 0.15) is 31.7 Å².